The van der Waals surface area contributed by atoms with Crippen LogP contribution in [-0.4, -0.2) is 11.1 Å². The van der Waals surface area contributed by atoms with Crippen molar-refractivity contribution in [1.82, 2.24) is 0 Å². The molecule has 1 amide bonds. The molecule has 3 rings (SSSR count). The molecule has 0 saturated heterocycles. The maximum atomic E-state index is 12.1. The molecule has 1 N–H and O–H groups in total. The molecular formula is C22H18Cl3NO2. The molecule has 0 unspecified atom stereocenters. The Hall–Kier alpha value is -2.33. The van der Waals surface area contributed by atoms with Gasteiger partial charge in [-0.3, -0.25) is 9.59 Å². The highest BCUT2D eigenvalue weighted by Crippen LogP contribution is 2.21. The lowest BCUT2D eigenvalue weighted by atomic mass is 10.1. The maximum absolute atomic E-state index is 12.1. The van der Waals surface area contributed by atoms with E-state index in [1.54, 1.807) is 31.2 Å². The highest BCUT2D eigenvalue weighted by molar-refractivity contribution is 6.69. The van der Waals surface area contributed by atoms with Gasteiger partial charge in [0.05, 0.1) is 21.2 Å². The van der Waals surface area contributed by atoms with Gasteiger partial charge in [-0.05, 0) is 60.8 Å². The Kier molecular flexibility index (Phi) is 8.06. The van der Waals surface area contributed by atoms with Crippen molar-refractivity contribution >= 4 is 51.6 Å². The van der Waals surface area contributed by atoms with E-state index < -0.39 is 5.24 Å². The molecule has 0 aromatic heterocycles. The summed E-state index contributed by atoms with van der Waals surface area (Å²) >= 11 is 17.0. The van der Waals surface area contributed by atoms with E-state index in [-0.39, 0.29) is 5.91 Å². The SMILES string of the molecule is Cc1cccc(Cl)c1C(=O)Cl.Cc1cccc(Cl)c1C(=O)Nc1ccccc1. The highest BCUT2D eigenvalue weighted by atomic mass is 35.5. The predicted octanol–water partition coefficient (Wildman–Crippen LogP) is 6.93. The summed E-state index contributed by atoms with van der Waals surface area (Å²) in [5, 5.41) is 3.19. The lowest BCUT2D eigenvalue weighted by Gasteiger charge is -2.09. The fraction of sp³-hybridized carbons (Fsp3) is 0.0909. The van der Waals surface area contributed by atoms with Crippen molar-refractivity contribution < 1.29 is 9.59 Å². The van der Waals surface area contributed by atoms with Crippen molar-refractivity contribution in [2.45, 2.75) is 13.8 Å². The van der Waals surface area contributed by atoms with Gasteiger partial charge in [0.15, 0.2) is 0 Å². The average molecular weight is 435 g/mol. The van der Waals surface area contributed by atoms with Crippen LogP contribution in [0.5, 0.6) is 0 Å². The van der Waals surface area contributed by atoms with E-state index in [0.717, 1.165) is 16.8 Å². The Balaban J connectivity index is 0.000000221. The number of halogens is 3. The van der Waals surface area contributed by atoms with Gasteiger partial charge in [0, 0.05) is 5.69 Å². The highest BCUT2D eigenvalue weighted by Gasteiger charge is 2.13. The van der Waals surface area contributed by atoms with Gasteiger partial charge in [-0.25, -0.2) is 0 Å². The van der Waals surface area contributed by atoms with Gasteiger partial charge in [0.1, 0.15) is 0 Å². The van der Waals surface area contributed by atoms with Crippen molar-refractivity contribution in [2.24, 2.45) is 0 Å². The number of hydrogen-bond acceptors (Lipinski definition) is 2. The van der Waals surface area contributed by atoms with Crippen LogP contribution < -0.4 is 5.32 Å². The first kappa shape index (κ1) is 22.0. The second kappa shape index (κ2) is 10.3. The van der Waals surface area contributed by atoms with E-state index in [4.69, 9.17) is 34.8 Å². The molecule has 3 aromatic rings. The van der Waals surface area contributed by atoms with Crippen molar-refractivity contribution in [3.63, 3.8) is 0 Å². The zero-order valence-electron chi connectivity index (χ0n) is 15.3. The molecule has 0 aliphatic rings. The monoisotopic (exact) mass is 433 g/mol. The van der Waals surface area contributed by atoms with Gasteiger partial charge in [-0.1, -0.05) is 65.7 Å². The Morgan fingerprint density at radius 2 is 1.21 bits per heavy atom. The minimum atomic E-state index is -0.506. The van der Waals surface area contributed by atoms with Crippen molar-refractivity contribution in [3.8, 4) is 0 Å². The number of hydrogen-bond donors (Lipinski definition) is 1. The molecule has 6 heteroatoms. The lowest BCUT2D eigenvalue weighted by molar-refractivity contribution is 0.102. The van der Waals surface area contributed by atoms with Crippen LogP contribution >= 0.6 is 34.8 Å². The quantitative estimate of drug-likeness (QED) is 0.454. The zero-order chi connectivity index (χ0) is 20.7. The summed E-state index contributed by atoms with van der Waals surface area (Å²) in [6, 6.07) is 19.9. The molecule has 28 heavy (non-hydrogen) atoms. The second-order valence-corrected chi connectivity index (χ2v) is 7.12. The molecule has 0 bridgehead atoms. The topological polar surface area (TPSA) is 46.2 Å². The zero-order valence-corrected chi connectivity index (χ0v) is 17.6. The fourth-order valence-corrected chi connectivity index (χ4v) is 3.43. The number of nitrogens with one attached hydrogen (secondary N) is 1. The minimum Gasteiger partial charge on any atom is -0.322 e. The Morgan fingerprint density at radius 3 is 1.64 bits per heavy atom. The average Bonchev–Trinajstić information content (AvgIpc) is 2.62. The number of aryl methyl sites for hydroxylation is 2. The molecule has 0 radical (unpaired) electrons. The molecule has 0 spiro atoms. The number of amides is 1. The first-order valence-corrected chi connectivity index (χ1v) is 9.51. The number of carbonyl (C=O) groups excluding carboxylic acids is 2. The number of rotatable bonds is 3. The van der Waals surface area contributed by atoms with Crippen LogP contribution in [0.3, 0.4) is 0 Å². The van der Waals surface area contributed by atoms with Gasteiger partial charge in [-0.2, -0.15) is 0 Å². The summed E-state index contributed by atoms with van der Waals surface area (Å²) in [6.45, 7) is 3.66. The Bertz CT molecular complexity index is 948. The molecule has 0 fully saturated rings. The number of benzene rings is 3. The van der Waals surface area contributed by atoms with E-state index >= 15 is 0 Å². The molecule has 0 heterocycles. The summed E-state index contributed by atoms with van der Waals surface area (Å²) in [6.07, 6.45) is 0. The van der Waals surface area contributed by atoms with Crippen LogP contribution in [0.4, 0.5) is 5.69 Å². The van der Waals surface area contributed by atoms with Crippen molar-refractivity contribution in [1.29, 1.82) is 0 Å². The molecule has 0 atom stereocenters. The van der Waals surface area contributed by atoms with E-state index in [1.807, 2.05) is 49.4 Å². The fourth-order valence-electron chi connectivity index (χ4n) is 2.52. The summed E-state index contributed by atoms with van der Waals surface area (Å²) in [5.41, 5.74) is 3.36. The van der Waals surface area contributed by atoms with Gasteiger partial charge >= 0.3 is 0 Å². The van der Waals surface area contributed by atoms with Gasteiger partial charge in [0.2, 0.25) is 0 Å². The van der Waals surface area contributed by atoms with Gasteiger partial charge in [0.25, 0.3) is 11.1 Å². The first-order valence-electron chi connectivity index (χ1n) is 8.37. The van der Waals surface area contributed by atoms with Gasteiger partial charge in [-0.15, -0.1) is 0 Å². The summed E-state index contributed by atoms with van der Waals surface area (Å²) in [7, 11) is 0. The van der Waals surface area contributed by atoms with Crippen LogP contribution in [0.25, 0.3) is 0 Å². The normalized spacial score (nSPS) is 9.89. The third kappa shape index (κ3) is 5.83. The Morgan fingerprint density at radius 1 is 0.714 bits per heavy atom. The third-order valence-corrected chi connectivity index (χ3v) is 4.72. The van der Waals surface area contributed by atoms with E-state index in [0.29, 0.717) is 21.2 Å². The van der Waals surface area contributed by atoms with E-state index in [2.05, 4.69) is 5.32 Å². The smallest absolute Gasteiger partial charge is 0.257 e. The molecule has 0 aliphatic carbocycles. The molecule has 3 aromatic carbocycles. The number of para-hydroxylation sites is 1. The molecule has 144 valence electrons. The largest absolute Gasteiger partial charge is 0.322 e. The summed E-state index contributed by atoms with van der Waals surface area (Å²) < 4.78 is 0. The summed E-state index contributed by atoms with van der Waals surface area (Å²) in [4.78, 5) is 22.8. The molecular weight excluding hydrogens is 417 g/mol. The van der Waals surface area contributed by atoms with Crippen LogP contribution in [-0.2, 0) is 0 Å². The minimum absolute atomic E-state index is 0.181. The van der Waals surface area contributed by atoms with E-state index in [9.17, 15) is 9.59 Å². The predicted molar refractivity (Wildman–Crippen MR) is 117 cm³/mol. The number of carbonyl (C=O) groups is 2. The molecule has 0 saturated carbocycles. The maximum Gasteiger partial charge on any atom is 0.257 e. The summed E-state index contributed by atoms with van der Waals surface area (Å²) in [5.74, 6) is -0.181. The number of anilines is 1. The van der Waals surface area contributed by atoms with Crippen LogP contribution in [0.2, 0.25) is 10.0 Å². The van der Waals surface area contributed by atoms with Crippen LogP contribution in [0.15, 0.2) is 66.7 Å². The third-order valence-electron chi connectivity index (χ3n) is 3.90. The Labute approximate surface area is 179 Å². The van der Waals surface area contributed by atoms with Crippen molar-refractivity contribution in [3.05, 3.63) is 99.0 Å². The van der Waals surface area contributed by atoms with Crippen LogP contribution in [0.1, 0.15) is 31.8 Å². The standard InChI is InChI=1S/C14H12ClNO.C8H6Cl2O/c1-10-6-5-9-12(15)13(10)14(17)16-11-7-3-2-4-8-11;1-5-3-2-4-6(9)7(5)8(10)11/h2-9H,1H3,(H,16,17);2-4H,1H3. The van der Waals surface area contributed by atoms with E-state index in [1.165, 1.54) is 0 Å². The van der Waals surface area contributed by atoms with Gasteiger partial charge < -0.3 is 5.32 Å². The lowest BCUT2D eigenvalue weighted by Crippen LogP contribution is -2.13. The molecule has 0 aliphatic heterocycles. The molecule has 3 nitrogen and oxygen atoms in total. The van der Waals surface area contributed by atoms with Crippen LogP contribution in [0, 0.1) is 13.8 Å². The van der Waals surface area contributed by atoms with Crippen molar-refractivity contribution in [2.75, 3.05) is 5.32 Å². The second-order valence-electron chi connectivity index (χ2n) is 5.96. The first-order chi connectivity index (χ1) is 13.3.